The zero-order chi connectivity index (χ0) is 13.2. The molecule has 1 aromatic heterocycles. The van der Waals surface area contributed by atoms with Crippen molar-refractivity contribution in [3.63, 3.8) is 0 Å². The zero-order valence-corrected chi connectivity index (χ0v) is 11.1. The lowest BCUT2D eigenvalue weighted by atomic mass is 10.1. The smallest absolute Gasteiger partial charge is 0.339 e. The maximum atomic E-state index is 11.8. The molecule has 1 fully saturated rings. The predicted molar refractivity (Wildman–Crippen MR) is 64.9 cm³/mol. The highest BCUT2D eigenvalue weighted by atomic mass is 32.2. The molecule has 1 aliphatic heterocycles. The van der Waals surface area contributed by atoms with Crippen LogP contribution >= 0.6 is 11.3 Å². The van der Waals surface area contributed by atoms with Crippen molar-refractivity contribution in [3.8, 4) is 0 Å². The summed E-state index contributed by atoms with van der Waals surface area (Å²) >= 11 is 0.908. The SMILES string of the molecule is NS(=O)(=O)c1cc(C(=O)OC2CCOCC2)cs1. The van der Waals surface area contributed by atoms with Crippen molar-refractivity contribution in [2.45, 2.75) is 23.2 Å². The first-order chi connectivity index (χ1) is 8.47. The van der Waals surface area contributed by atoms with E-state index < -0.39 is 16.0 Å². The molecule has 0 bridgehead atoms. The van der Waals surface area contributed by atoms with E-state index in [4.69, 9.17) is 14.6 Å². The standard InChI is InChI=1S/C10H13NO5S2/c11-18(13,14)9-5-7(6-17-9)10(12)16-8-1-3-15-4-2-8/h5-6,8H,1-4H2,(H2,11,13,14). The highest BCUT2D eigenvalue weighted by Gasteiger charge is 2.21. The Labute approximate surface area is 109 Å². The summed E-state index contributed by atoms with van der Waals surface area (Å²) in [6, 6.07) is 1.24. The van der Waals surface area contributed by atoms with Gasteiger partial charge in [0.15, 0.2) is 0 Å². The molecule has 8 heteroatoms. The highest BCUT2D eigenvalue weighted by molar-refractivity contribution is 7.91. The first kappa shape index (κ1) is 13.5. The molecule has 0 unspecified atom stereocenters. The van der Waals surface area contributed by atoms with Crippen LogP contribution in [-0.4, -0.2) is 33.7 Å². The molecule has 2 N–H and O–H groups in total. The van der Waals surface area contributed by atoms with E-state index in [1.807, 2.05) is 0 Å². The van der Waals surface area contributed by atoms with Crippen molar-refractivity contribution < 1.29 is 22.7 Å². The van der Waals surface area contributed by atoms with Gasteiger partial charge in [0.25, 0.3) is 0 Å². The monoisotopic (exact) mass is 291 g/mol. The van der Waals surface area contributed by atoms with Crippen LogP contribution in [0.1, 0.15) is 23.2 Å². The number of primary sulfonamides is 1. The lowest BCUT2D eigenvalue weighted by Gasteiger charge is -2.21. The lowest BCUT2D eigenvalue weighted by Crippen LogP contribution is -2.26. The summed E-state index contributed by atoms with van der Waals surface area (Å²) in [4.78, 5) is 11.8. The number of rotatable bonds is 3. The molecule has 0 spiro atoms. The molecule has 1 saturated heterocycles. The van der Waals surface area contributed by atoms with Crippen LogP contribution < -0.4 is 5.14 Å². The molecule has 0 amide bonds. The summed E-state index contributed by atoms with van der Waals surface area (Å²) in [5.41, 5.74) is 0.218. The van der Waals surface area contributed by atoms with Crippen molar-refractivity contribution in [2.75, 3.05) is 13.2 Å². The molecular weight excluding hydrogens is 278 g/mol. The molecule has 0 aromatic carbocycles. The number of hydrogen-bond acceptors (Lipinski definition) is 6. The number of carbonyl (C=O) groups excluding carboxylic acids is 1. The van der Waals surface area contributed by atoms with E-state index in [2.05, 4.69) is 0 Å². The molecule has 0 aliphatic carbocycles. The van der Waals surface area contributed by atoms with Gasteiger partial charge in [-0.2, -0.15) is 0 Å². The van der Waals surface area contributed by atoms with E-state index in [-0.39, 0.29) is 15.9 Å². The van der Waals surface area contributed by atoms with E-state index in [1.54, 1.807) is 0 Å². The molecule has 1 aromatic rings. The van der Waals surface area contributed by atoms with Crippen LogP contribution in [0.25, 0.3) is 0 Å². The number of hydrogen-bond donors (Lipinski definition) is 1. The Morgan fingerprint density at radius 1 is 1.44 bits per heavy atom. The van der Waals surface area contributed by atoms with Gasteiger partial charge in [0.2, 0.25) is 10.0 Å². The van der Waals surface area contributed by atoms with Crippen LogP contribution in [0, 0.1) is 0 Å². The molecule has 2 heterocycles. The topological polar surface area (TPSA) is 95.7 Å². The third kappa shape index (κ3) is 3.29. The van der Waals surface area contributed by atoms with Gasteiger partial charge in [-0.1, -0.05) is 0 Å². The normalized spacial score (nSPS) is 17.6. The van der Waals surface area contributed by atoms with E-state index >= 15 is 0 Å². The third-order valence-electron chi connectivity index (χ3n) is 2.53. The van der Waals surface area contributed by atoms with E-state index in [0.717, 1.165) is 11.3 Å². The fraction of sp³-hybridized carbons (Fsp3) is 0.500. The summed E-state index contributed by atoms with van der Waals surface area (Å²) < 4.78 is 32.5. The van der Waals surface area contributed by atoms with Gasteiger partial charge in [-0.15, -0.1) is 11.3 Å². The fourth-order valence-corrected chi connectivity index (χ4v) is 3.16. The third-order valence-corrected chi connectivity index (χ3v) is 4.92. The Balaban J connectivity index is 2.02. The fourth-order valence-electron chi connectivity index (χ4n) is 1.59. The molecule has 18 heavy (non-hydrogen) atoms. The number of thiophene rings is 1. The highest BCUT2D eigenvalue weighted by Crippen LogP contribution is 2.21. The van der Waals surface area contributed by atoms with Crippen molar-refractivity contribution >= 4 is 27.3 Å². The Bertz CT molecular complexity index is 530. The van der Waals surface area contributed by atoms with Gasteiger partial charge in [0.1, 0.15) is 10.3 Å². The molecule has 2 rings (SSSR count). The Hall–Kier alpha value is -0.960. The Kier molecular flexibility index (Phi) is 4.00. The van der Waals surface area contributed by atoms with Crippen LogP contribution in [0.2, 0.25) is 0 Å². The van der Waals surface area contributed by atoms with Crippen molar-refractivity contribution in [1.29, 1.82) is 0 Å². The number of esters is 1. The molecular formula is C10H13NO5S2. The quantitative estimate of drug-likeness (QED) is 0.828. The van der Waals surface area contributed by atoms with Crippen LogP contribution in [-0.2, 0) is 19.5 Å². The van der Waals surface area contributed by atoms with Crippen molar-refractivity contribution in [3.05, 3.63) is 17.0 Å². The zero-order valence-electron chi connectivity index (χ0n) is 9.50. The predicted octanol–water partition coefficient (Wildman–Crippen LogP) is 0.731. The molecule has 0 radical (unpaired) electrons. The number of sulfonamides is 1. The summed E-state index contributed by atoms with van der Waals surface area (Å²) in [5, 5.41) is 6.40. The van der Waals surface area contributed by atoms with E-state index in [1.165, 1.54) is 11.4 Å². The number of carbonyl (C=O) groups is 1. The van der Waals surface area contributed by atoms with Gasteiger partial charge in [0.05, 0.1) is 18.8 Å². The van der Waals surface area contributed by atoms with Crippen LogP contribution in [0.4, 0.5) is 0 Å². The van der Waals surface area contributed by atoms with Gasteiger partial charge in [-0.05, 0) is 6.07 Å². The molecule has 100 valence electrons. The summed E-state index contributed by atoms with van der Waals surface area (Å²) in [7, 11) is -3.76. The average molecular weight is 291 g/mol. The first-order valence-corrected chi connectivity index (χ1v) is 7.79. The summed E-state index contributed by atoms with van der Waals surface area (Å²) in [6.07, 6.45) is 1.17. The van der Waals surface area contributed by atoms with Crippen LogP contribution in [0.5, 0.6) is 0 Å². The second kappa shape index (κ2) is 5.35. The van der Waals surface area contributed by atoms with Crippen LogP contribution in [0.3, 0.4) is 0 Å². The maximum Gasteiger partial charge on any atom is 0.339 e. The molecule has 1 aliphatic rings. The number of ether oxygens (including phenoxy) is 2. The minimum absolute atomic E-state index is 0.0403. The largest absolute Gasteiger partial charge is 0.459 e. The van der Waals surface area contributed by atoms with E-state index in [0.29, 0.717) is 26.1 Å². The second-order valence-electron chi connectivity index (χ2n) is 3.92. The molecule has 6 nitrogen and oxygen atoms in total. The minimum Gasteiger partial charge on any atom is -0.459 e. The van der Waals surface area contributed by atoms with Gasteiger partial charge < -0.3 is 9.47 Å². The Morgan fingerprint density at radius 2 is 2.11 bits per heavy atom. The number of nitrogens with two attached hydrogens (primary N) is 1. The summed E-state index contributed by atoms with van der Waals surface area (Å²) in [5.74, 6) is -0.520. The van der Waals surface area contributed by atoms with Gasteiger partial charge in [0, 0.05) is 18.2 Å². The van der Waals surface area contributed by atoms with E-state index in [9.17, 15) is 13.2 Å². The Morgan fingerprint density at radius 3 is 2.67 bits per heavy atom. The average Bonchev–Trinajstić information content (AvgIpc) is 2.79. The minimum atomic E-state index is -3.76. The maximum absolute atomic E-state index is 11.8. The second-order valence-corrected chi connectivity index (χ2v) is 6.62. The van der Waals surface area contributed by atoms with Crippen LogP contribution in [0.15, 0.2) is 15.7 Å². The van der Waals surface area contributed by atoms with Gasteiger partial charge >= 0.3 is 5.97 Å². The lowest BCUT2D eigenvalue weighted by molar-refractivity contribution is -0.0158. The van der Waals surface area contributed by atoms with Crippen molar-refractivity contribution in [2.24, 2.45) is 5.14 Å². The van der Waals surface area contributed by atoms with Crippen molar-refractivity contribution in [1.82, 2.24) is 0 Å². The van der Waals surface area contributed by atoms with Gasteiger partial charge in [-0.3, -0.25) is 0 Å². The summed E-state index contributed by atoms with van der Waals surface area (Å²) in [6.45, 7) is 1.15. The molecule has 0 atom stereocenters. The first-order valence-electron chi connectivity index (χ1n) is 5.37. The van der Waals surface area contributed by atoms with Gasteiger partial charge in [-0.25, -0.2) is 18.4 Å². The molecule has 0 saturated carbocycles.